The Hall–Kier alpha value is -1.34. The van der Waals surface area contributed by atoms with Crippen LogP contribution in [-0.4, -0.2) is 22.1 Å². The number of hydrogen-bond acceptors (Lipinski definition) is 6. The van der Waals surface area contributed by atoms with Gasteiger partial charge in [0.15, 0.2) is 5.97 Å². The Bertz CT molecular complexity index is 139. The molecule has 1 N–H and O–H groups in total. The molecule has 0 aliphatic heterocycles. The Labute approximate surface area is 70.0 Å². The van der Waals surface area contributed by atoms with E-state index in [4.69, 9.17) is 35.1 Å². The van der Waals surface area contributed by atoms with E-state index in [0.717, 1.165) is 0 Å². The van der Waals surface area contributed by atoms with Gasteiger partial charge in [-0.1, -0.05) is 0 Å². The molecule has 0 rings (SSSR count). The Morgan fingerprint density at radius 1 is 1.27 bits per heavy atom. The van der Waals surface area contributed by atoms with Gasteiger partial charge in [-0.3, -0.25) is 0 Å². The molecule has 0 unspecified atom stereocenters. The Morgan fingerprint density at radius 2 is 1.36 bits per heavy atom. The molecular weight excluding hydrogens is 214 g/mol. The summed E-state index contributed by atoms with van der Waals surface area (Å²) in [5.74, 6) is -4.01. The fourth-order valence-electron chi connectivity index (χ4n) is 0. The van der Waals surface area contributed by atoms with E-state index in [1.807, 2.05) is 0 Å². The van der Waals surface area contributed by atoms with Gasteiger partial charge < -0.3 is 30.3 Å². The second kappa shape index (κ2) is 8.66. The second-order valence-electron chi connectivity index (χ2n) is 0.816. The van der Waals surface area contributed by atoms with Crippen LogP contribution in [0.4, 0.5) is 0 Å². The average molecular weight is 215 g/mol. The maximum atomic E-state index is 9.04. The monoisotopic (exact) mass is 214 g/mol. The molecule has 9 heteroatoms. The number of aliphatic carboxylic acids is 2. The molecule has 1 radical (unpaired) electrons. The number of nitrogens with zero attached hydrogens (tertiary/aromatic N) is 1. The van der Waals surface area contributed by atoms with E-state index in [2.05, 4.69) is 0 Å². The van der Waals surface area contributed by atoms with Gasteiger partial charge in [0.1, 0.15) is 0 Å². The molecule has 11 heavy (non-hydrogen) atoms. The molecule has 0 aromatic carbocycles. The third-order valence-electron chi connectivity index (χ3n) is 0.175. The molecule has 0 atom stereocenters. The first-order valence-electron chi connectivity index (χ1n) is 1.63. The van der Waals surface area contributed by atoms with E-state index in [-0.39, 0.29) is 17.1 Å². The zero-order valence-corrected chi connectivity index (χ0v) is 5.59. The predicted molar refractivity (Wildman–Crippen MR) is 23.0 cm³/mol. The number of hydrogen-bond donors (Lipinski definition) is 1. The molecule has 0 spiro atoms. The van der Waals surface area contributed by atoms with E-state index in [1.54, 1.807) is 0 Å². The minimum atomic E-state index is -2.07. The molecule has 0 fully saturated rings. The van der Waals surface area contributed by atoms with Crippen LogP contribution >= 0.6 is 0 Å². The summed E-state index contributed by atoms with van der Waals surface area (Å²) < 4.78 is 0. The van der Waals surface area contributed by atoms with E-state index in [1.165, 1.54) is 0 Å². The van der Waals surface area contributed by atoms with Crippen molar-refractivity contribution in [3.8, 4) is 0 Å². The SMILES string of the molecule is O=C([O-])C(=O)O.O=[N+]([O-])[O-].[Cu+2]. The van der Waals surface area contributed by atoms with Crippen molar-refractivity contribution in [3.05, 3.63) is 15.3 Å². The van der Waals surface area contributed by atoms with E-state index in [9.17, 15) is 0 Å². The van der Waals surface area contributed by atoms with Crippen molar-refractivity contribution < 1.29 is 42.0 Å². The van der Waals surface area contributed by atoms with Crippen LogP contribution < -0.4 is 5.11 Å². The van der Waals surface area contributed by atoms with Gasteiger partial charge in [-0.25, -0.2) is 4.79 Å². The third-order valence-corrected chi connectivity index (χ3v) is 0.175. The summed E-state index contributed by atoms with van der Waals surface area (Å²) >= 11 is 0. The fourth-order valence-corrected chi connectivity index (χ4v) is 0. The minimum absolute atomic E-state index is 0. The van der Waals surface area contributed by atoms with Crippen LogP contribution in [0.3, 0.4) is 0 Å². The summed E-state index contributed by atoms with van der Waals surface area (Å²) in [6.07, 6.45) is 0. The van der Waals surface area contributed by atoms with Crippen molar-refractivity contribution in [2.24, 2.45) is 0 Å². The summed E-state index contributed by atoms with van der Waals surface area (Å²) in [5, 5.41) is 31.1. The molecule has 0 aromatic heterocycles. The Balaban J connectivity index is -0.000000114. The van der Waals surface area contributed by atoms with Crippen LogP contribution in [0.2, 0.25) is 0 Å². The van der Waals surface area contributed by atoms with Crippen LogP contribution in [0.15, 0.2) is 0 Å². The molecule has 0 aliphatic rings. The van der Waals surface area contributed by atoms with Crippen molar-refractivity contribution in [2.45, 2.75) is 0 Å². The maximum absolute atomic E-state index is 9.04. The molecule has 0 amide bonds. The Kier molecular flexibility index (Phi) is 12.9. The number of carbonyl (C=O) groups is 2. The molecule has 0 heterocycles. The van der Waals surface area contributed by atoms with Gasteiger partial charge in [-0.15, -0.1) is 0 Å². The summed E-state index contributed by atoms with van der Waals surface area (Å²) in [5.41, 5.74) is 0. The third kappa shape index (κ3) is 54.3. The molecular formula is C2HCuNO7. The van der Waals surface area contributed by atoms with Crippen LogP contribution in [-0.2, 0) is 26.7 Å². The van der Waals surface area contributed by atoms with E-state index < -0.39 is 17.0 Å². The number of rotatable bonds is 0. The van der Waals surface area contributed by atoms with Crippen LogP contribution in [0, 0.1) is 15.3 Å². The largest absolute Gasteiger partial charge is 2.00 e. The quantitative estimate of drug-likeness (QED) is 0.204. The van der Waals surface area contributed by atoms with Crippen molar-refractivity contribution in [2.75, 3.05) is 0 Å². The first-order valence-corrected chi connectivity index (χ1v) is 1.63. The van der Waals surface area contributed by atoms with Gasteiger partial charge in [0.2, 0.25) is 0 Å². The van der Waals surface area contributed by atoms with Crippen LogP contribution in [0.5, 0.6) is 0 Å². The molecule has 0 aliphatic carbocycles. The summed E-state index contributed by atoms with van der Waals surface area (Å²) in [6.45, 7) is 0. The number of carboxylic acids is 2. The van der Waals surface area contributed by atoms with Gasteiger partial charge >= 0.3 is 23.0 Å². The van der Waals surface area contributed by atoms with Gasteiger partial charge in [0.25, 0.3) is 0 Å². The Morgan fingerprint density at radius 3 is 1.36 bits per heavy atom. The van der Waals surface area contributed by atoms with Crippen molar-refractivity contribution in [1.29, 1.82) is 0 Å². The summed E-state index contributed by atoms with van der Waals surface area (Å²) in [4.78, 5) is 26.3. The van der Waals surface area contributed by atoms with Crippen LogP contribution in [0.25, 0.3) is 0 Å². The average Bonchev–Trinajstić information content (AvgIpc) is 1.63. The van der Waals surface area contributed by atoms with Gasteiger partial charge in [0, 0.05) is 0 Å². The van der Waals surface area contributed by atoms with Crippen molar-refractivity contribution >= 4 is 11.9 Å². The maximum Gasteiger partial charge on any atom is 2.00 e. The standard InChI is InChI=1S/C2H2O4.Cu.NO3/c3-1(4)2(5)6;;2-1(3)4/h(H,3,4)(H,5,6);;/q;+2;-1/p-1. The normalized spacial score (nSPS) is 6.18. The van der Waals surface area contributed by atoms with Crippen molar-refractivity contribution in [1.82, 2.24) is 0 Å². The molecule has 0 saturated carbocycles. The zero-order chi connectivity index (χ0) is 8.73. The fraction of sp³-hybridized carbons (Fsp3) is 0. The summed E-state index contributed by atoms with van der Waals surface area (Å²) in [7, 11) is 0. The van der Waals surface area contributed by atoms with Gasteiger partial charge in [0.05, 0.1) is 5.09 Å². The van der Waals surface area contributed by atoms with Gasteiger partial charge in [-0.2, -0.15) is 0 Å². The molecule has 67 valence electrons. The summed E-state index contributed by atoms with van der Waals surface area (Å²) in [6, 6.07) is 0. The molecule has 0 aromatic rings. The first-order chi connectivity index (χ1) is 4.37. The number of carboxylic acid groups (broad SMARTS) is 2. The van der Waals surface area contributed by atoms with Crippen molar-refractivity contribution in [3.63, 3.8) is 0 Å². The van der Waals surface area contributed by atoms with E-state index in [0.29, 0.717) is 0 Å². The molecule has 0 bridgehead atoms. The zero-order valence-electron chi connectivity index (χ0n) is 4.65. The topological polar surface area (TPSA) is 144 Å². The second-order valence-corrected chi connectivity index (χ2v) is 0.816. The molecule has 8 nitrogen and oxygen atoms in total. The predicted octanol–water partition coefficient (Wildman–Crippen LogP) is -2.42. The van der Waals surface area contributed by atoms with Gasteiger partial charge in [-0.05, 0) is 0 Å². The first kappa shape index (κ1) is 16.3. The van der Waals surface area contributed by atoms with Crippen LogP contribution in [0.1, 0.15) is 0 Å². The smallest absolute Gasteiger partial charge is 0.539 e. The minimum Gasteiger partial charge on any atom is -0.539 e. The van der Waals surface area contributed by atoms with E-state index >= 15 is 0 Å². The molecule has 0 saturated heterocycles. The number of carbonyl (C=O) groups excluding carboxylic acids is 1.